The first-order chi connectivity index (χ1) is 8.27. The van der Waals surface area contributed by atoms with Gasteiger partial charge < -0.3 is 5.32 Å². The Kier molecular flexibility index (Phi) is 2.87. The normalized spacial score (nSPS) is 23.8. The Morgan fingerprint density at radius 3 is 2.53 bits per heavy atom. The van der Waals surface area contributed by atoms with E-state index in [1.54, 1.807) is 0 Å². The summed E-state index contributed by atoms with van der Waals surface area (Å²) in [5, 5.41) is 3.38. The summed E-state index contributed by atoms with van der Waals surface area (Å²) in [6.07, 6.45) is 5.83. The molecular weight excluding hydrogens is 220 g/mol. The number of nitrogens with one attached hydrogen (secondary N) is 1. The van der Waals surface area contributed by atoms with Crippen molar-refractivity contribution in [3.63, 3.8) is 0 Å². The van der Waals surface area contributed by atoms with Crippen LogP contribution in [0.4, 0.5) is 8.78 Å². The van der Waals surface area contributed by atoms with Gasteiger partial charge in [0.1, 0.15) is 0 Å². The minimum Gasteiger partial charge on any atom is -0.310 e. The quantitative estimate of drug-likeness (QED) is 0.790. The van der Waals surface area contributed by atoms with Crippen molar-refractivity contribution < 1.29 is 8.78 Å². The third-order valence-electron chi connectivity index (χ3n) is 4.01. The van der Waals surface area contributed by atoms with Crippen molar-refractivity contribution in [1.82, 2.24) is 5.32 Å². The third-order valence-corrected chi connectivity index (χ3v) is 4.01. The van der Waals surface area contributed by atoms with Gasteiger partial charge in [0.15, 0.2) is 11.6 Å². The first-order valence-electron chi connectivity index (χ1n) is 6.50. The lowest BCUT2D eigenvalue weighted by atomic mass is 9.85. The highest BCUT2D eigenvalue weighted by molar-refractivity contribution is 5.41. The van der Waals surface area contributed by atoms with Crippen LogP contribution in [-0.4, -0.2) is 6.54 Å². The first-order valence-corrected chi connectivity index (χ1v) is 6.50. The lowest BCUT2D eigenvalue weighted by Crippen LogP contribution is -2.19. The summed E-state index contributed by atoms with van der Waals surface area (Å²) in [5.41, 5.74) is 2.73. The van der Waals surface area contributed by atoms with Crippen molar-refractivity contribution in [3.8, 4) is 0 Å². The molecule has 1 atom stereocenters. The van der Waals surface area contributed by atoms with Gasteiger partial charge in [-0.15, -0.1) is 0 Å². The van der Waals surface area contributed by atoms with Crippen molar-refractivity contribution in [1.29, 1.82) is 0 Å². The summed E-state index contributed by atoms with van der Waals surface area (Å²) < 4.78 is 27.4. The van der Waals surface area contributed by atoms with Gasteiger partial charge in [-0.1, -0.05) is 0 Å². The van der Waals surface area contributed by atoms with Crippen LogP contribution < -0.4 is 5.32 Å². The molecular formula is C14H17F2N. The average Bonchev–Trinajstić information content (AvgIpc) is 2.87. The average molecular weight is 237 g/mol. The highest BCUT2D eigenvalue weighted by atomic mass is 19.2. The molecule has 1 aliphatic carbocycles. The molecule has 1 aromatic carbocycles. The molecule has 1 nitrogen and oxygen atoms in total. The maximum Gasteiger partial charge on any atom is 0.162 e. The summed E-state index contributed by atoms with van der Waals surface area (Å²) in [5.74, 6) is -1.28. The second-order valence-electron chi connectivity index (χ2n) is 5.07. The van der Waals surface area contributed by atoms with Crippen LogP contribution in [-0.2, 0) is 12.8 Å². The number of rotatable bonds is 1. The van der Waals surface area contributed by atoms with Crippen LogP contribution in [0.15, 0.2) is 6.07 Å². The van der Waals surface area contributed by atoms with E-state index in [9.17, 15) is 8.78 Å². The van der Waals surface area contributed by atoms with E-state index in [4.69, 9.17) is 0 Å². The van der Waals surface area contributed by atoms with Gasteiger partial charge in [-0.3, -0.25) is 0 Å². The Bertz CT molecular complexity index is 436. The van der Waals surface area contributed by atoms with Crippen LogP contribution >= 0.6 is 0 Å². The van der Waals surface area contributed by atoms with Crippen molar-refractivity contribution in [2.45, 2.75) is 44.6 Å². The molecule has 1 heterocycles. The van der Waals surface area contributed by atoms with Gasteiger partial charge in [-0.05, 0) is 67.8 Å². The first kappa shape index (κ1) is 11.1. The standard InChI is InChI=1S/C14H17F2N/c15-12-8-11(13-6-3-7-17-13)9-4-1-2-5-10(9)14(12)16/h8,13,17H,1-7H2/t13-/m0/s1. The zero-order valence-corrected chi connectivity index (χ0v) is 9.86. The topological polar surface area (TPSA) is 12.0 Å². The van der Waals surface area contributed by atoms with E-state index in [0.29, 0.717) is 12.0 Å². The molecule has 1 fully saturated rings. The molecule has 0 unspecified atom stereocenters. The van der Waals surface area contributed by atoms with Gasteiger partial charge in [0.2, 0.25) is 0 Å². The maximum atomic E-state index is 13.8. The summed E-state index contributed by atoms with van der Waals surface area (Å²) in [7, 11) is 0. The molecule has 0 radical (unpaired) electrons. The molecule has 0 bridgehead atoms. The Morgan fingerprint density at radius 1 is 1.06 bits per heavy atom. The number of halogens is 2. The zero-order chi connectivity index (χ0) is 11.8. The van der Waals surface area contributed by atoms with Crippen LogP contribution in [0, 0.1) is 11.6 Å². The van der Waals surface area contributed by atoms with E-state index in [1.165, 1.54) is 6.07 Å². The number of hydrogen-bond donors (Lipinski definition) is 1. The molecule has 92 valence electrons. The molecule has 1 aliphatic heterocycles. The molecule has 17 heavy (non-hydrogen) atoms. The highest BCUT2D eigenvalue weighted by Gasteiger charge is 2.26. The fourth-order valence-corrected chi connectivity index (χ4v) is 3.16. The molecule has 2 aliphatic rings. The van der Waals surface area contributed by atoms with Crippen LogP contribution in [0.2, 0.25) is 0 Å². The molecule has 0 amide bonds. The second kappa shape index (κ2) is 4.37. The largest absolute Gasteiger partial charge is 0.310 e. The summed E-state index contributed by atoms with van der Waals surface area (Å²) >= 11 is 0. The van der Waals surface area contributed by atoms with Crippen molar-refractivity contribution in [2.75, 3.05) is 6.54 Å². The van der Waals surface area contributed by atoms with Crippen LogP contribution in [0.5, 0.6) is 0 Å². The highest BCUT2D eigenvalue weighted by Crippen LogP contribution is 2.34. The van der Waals surface area contributed by atoms with E-state index in [1.807, 2.05) is 0 Å². The molecule has 1 aromatic rings. The summed E-state index contributed by atoms with van der Waals surface area (Å²) in [6.45, 7) is 0.985. The molecule has 0 spiro atoms. The van der Waals surface area contributed by atoms with Gasteiger partial charge in [0.25, 0.3) is 0 Å². The van der Waals surface area contributed by atoms with Crippen molar-refractivity contribution in [3.05, 3.63) is 34.4 Å². The predicted molar refractivity (Wildman–Crippen MR) is 63.0 cm³/mol. The van der Waals surface area contributed by atoms with Crippen LogP contribution in [0.25, 0.3) is 0 Å². The van der Waals surface area contributed by atoms with Crippen LogP contribution in [0.3, 0.4) is 0 Å². The molecule has 3 rings (SSSR count). The Hall–Kier alpha value is -0.960. The van der Waals surface area contributed by atoms with Gasteiger partial charge in [-0.2, -0.15) is 0 Å². The van der Waals surface area contributed by atoms with E-state index in [2.05, 4.69) is 5.32 Å². The SMILES string of the molecule is Fc1cc([C@@H]2CCCN2)c2c(c1F)CCCC2. The van der Waals surface area contributed by atoms with Crippen molar-refractivity contribution in [2.24, 2.45) is 0 Å². The van der Waals surface area contributed by atoms with Gasteiger partial charge in [-0.25, -0.2) is 8.78 Å². The van der Waals surface area contributed by atoms with E-state index < -0.39 is 11.6 Å². The number of fused-ring (bicyclic) bond motifs is 1. The Balaban J connectivity index is 2.10. The van der Waals surface area contributed by atoms with Gasteiger partial charge in [0, 0.05) is 6.04 Å². The van der Waals surface area contributed by atoms with E-state index in [0.717, 1.165) is 49.8 Å². The Morgan fingerprint density at radius 2 is 1.82 bits per heavy atom. The molecule has 0 aromatic heterocycles. The van der Waals surface area contributed by atoms with Crippen LogP contribution in [0.1, 0.15) is 48.4 Å². The fraction of sp³-hybridized carbons (Fsp3) is 0.571. The maximum absolute atomic E-state index is 13.8. The zero-order valence-electron chi connectivity index (χ0n) is 9.86. The lowest BCUT2D eigenvalue weighted by Gasteiger charge is -2.23. The predicted octanol–water partition coefficient (Wildman–Crippen LogP) is 3.27. The fourth-order valence-electron chi connectivity index (χ4n) is 3.16. The molecule has 3 heteroatoms. The minimum atomic E-state index is -0.672. The summed E-state index contributed by atoms with van der Waals surface area (Å²) in [6, 6.07) is 1.65. The second-order valence-corrected chi connectivity index (χ2v) is 5.07. The van der Waals surface area contributed by atoms with E-state index >= 15 is 0 Å². The monoisotopic (exact) mass is 237 g/mol. The Labute approximate surface area is 100 Å². The minimum absolute atomic E-state index is 0.233. The van der Waals surface area contributed by atoms with Gasteiger partial charge >= 0.3 is 0 Å². The third kappa shape index (κ3) is 1.86. The van der Waals surface area contributed by atoms with Gasteiger partial charge in [0.05, 0.1) is 0 Å². The molecule has 1 N–H and O–H groups in total. The van der Waals surface area contributed by atoms with E-state index in [-0.39, 0.29) is 6.04 Å². The molecule has 0 saturated carbocycles. The summed E-state index contributed by atoms with van der Waals surface area (Å²) in [4.78, 5) is 0. The van der Waals surface area contributed by atoms with Crippen molar-refractivity contribution >= 4 is 0 Å². The number of benzene rings is 1. The number of hydrogen-bond acceptors (Lipinski definition) is 1. The lowest BCUT2D eigenvalue weighted by molar-refractivity contribution is 0.480. The smallest absolute Gasteiger partial charge is 0.162 e. The molecule has 1 saturated heterocycles.